The number of methoxy groups -OCH3 is 1. The summed E-state index contributed by atoms with van der Waals surface area (Å²) in [6.45, 7) is 5.76. The van der Waals surface area contributed by atoms with Crippen LogP contribution in [-0.4, -0.2) is 31.3 Å². The predicted octanol–water partition coefficient (Wildman–Crippen LogP) is 2.84. The van der Waals surface area contributed by atoms with E-state index in [1.807, 2.05) is 18.2 Å². The van der Waals surface area contributed by atoms with Crippen molar-refractivity contribution in [1.82, 2.24) is 0 Å². The number of nitrogens with two attached hydrogens (primary N) is 1. The summed E-state index contributed by atoms with van der Waals surface area (Å²) in [4.78, 5) is 2.54. The Morgan fingerprint density at radius 2 is 2.22 bits per heavy atom. The first-order chi connectivity index (χ1) is 8.51. The van der Waals surface area contributed by atoms with Gasteiger partial charge in [-0.15, -0.1) is 0 Å². The van der Waals surface area contributed by atoms with E-state index in [-0.39, 0.29) is 6.04 Å². The van der Waals surface area contributed by atoms with Gasteiger partial charge in [-0.1, -0.05) is 23.8 Å². The molecule has 0 saturated heterocycles. The number of anilines is 1. The van der Waals surface area contributed by atoms with Crippen molar-refractivity contribution >= 4 is 34.5 Å². The van der Waals surface area contributed by atoms with E-state index in [2.05, 4.69) is 18.7 Å². The number of thiocarbonyl (C=S) groups is 1. The Balaban J connectivity index is 3.01. The number of hydrogen-bond donors (Lipinski definition) is 1. The summed E-state index contributed by atoms with van der Waals surface area (Å²) >= 11 is 11.1. The minimum absolute atomic E-state index is 0.284. The van der Waals surface area contributed by atoms with Gasteiger partial charge in [0, 0.05) is 30.9 Å². The lowest BCUT2D eigenvalue weighted by molar-refractivity contribution is 0.182. The van der Waals surface area contributed by atoms with E-state index >= 15 is 0 Å². The van der Waals surface area contributed by atoms with E-state index in [4.69, 9.17) is 34.3 Å². The van der Waals surface area contributed by atoms with Crippen LogP contribution in [0.5, 0.6) is 0 Å². The van der Waals surface area contributed by atoms with E-state index in [1.54, 1.807) is 7.11 Å². The third kappa shape index (κ3) is 3.57. The number of halogens is 1. The lowest BCUT2D eigenvalue weighted by Gasteiger charge is -2.30. The monoisotopic (exact) mass is 286 g/mol. The second-order valence-corrected chi connectivity index (χ2v) is 4.97. The quantitative estimate of drug-likeness (QED) is 0.816. The number of likely N-dealkylation sites (N-methyl/N-ethyl adjacent to an activating group) is 1. The number of rotatable bonds is 6. The topological polar surface area (TPSA) is 38.5 Å². The van der Waals surface area contributed by atoms with Crippen LogP contribution in [0.15, 0.2) is 18.2 Å². The normalized spacial score (nSPS) is 12.2. The maximum Gasteiger partial charge on any atom is 0.105 e. The van der Waals surface area contributed by atoms with Gasteiger partial charge in [0.2, 0.25) is 0 Å². The van der Waals surface area contributed by atoms with Crippen LogP contribution in [0.4, 0.5) is 5.69 Å². The molecule has 2 N–H and O–H groups in total. The summed E-state index contributed by atoms with van der Waals surface area (Å²) in [5.41, 5.74) is 7.36. The van der Waals surface area contributed by atoms with Crippen molar-refractivity contribution in [1.29, 1.82) is 0 Å². The second kappa shape index (κ2) is 6.92. The van der Waals surface area contributed by atoms with Crippen LogP contribution in [-0.2, 0) is 4.74 Å². The molecule has 0 aliphatic carbocycles. The first kappa shape index (κ1) is 15.2. The predicted molar refractivity (Wildman–Crippen MR) is 81.7 cm³/mol. The highest BCUT2D eigenvalue weighted by atomic mass is 35.5. The molecule has 0 aliphatic heterocycles. The highest BCUT2D eigenvalue weighted by Crippen LogP contribution is 2.25. The molecule has 1 aromatic rings. The third-order valence-electron chi connectivity index (χ3n) is 2.83. The van der Waals surface area contributed by atoms with Crippen LogP contribution < -0.4 is 10.6 Å². The average Bonchev–Trinajstić information content (AvgIpc) is 2.29. The molecule has 1 unspecified atom stereocenters. The molecular weight excluding hydrogens is 268 g/mol. The highest BCUT2D eigenvalue weighted by molar-refractivity contribution is 7.80. The van der Waals surface area contributed by atoms with Crippen molar-refractivity contribution in [2.45, 2.75) is 19.9 Å². The summed E-state index contributed by atoms with van der Waals surface area (Å²) in [5, 5.41) is 0.586. The zero-order valence-corrected chi connectivity index (χ0v) is 12.5. The Bertz CT molecular complexity index is 425. The Morgan fingerprint density at radius 1 is 1.56 bits per heavy atom. The van der Waals surface area contributed by atoms with Crippen molar-refractivity contribution in [2.75, 3.05) is 25.2 Å². The van der Waals surface area contributed by atoms with E-state index < -0.39 is 0 Å². The molecule has 0 heterocycles. The number of nitrogens with zero attached hydrogens (tertiary/aromatic N) is 1. The largest absolute Gasteiger partial charge is 0.389 e. The lowest BCUT2D eigenvalue weighted by atomic mass is 10.1. The highest BCUT2D eigenvalue weighted by Gasteiger charge is 2.14. The average molecular weight is 287 g/mol. The van der Waals surface area contributed by atoms with Gasteiger partial charge >= 0.3 is 0 Å². The molecule has 5 heteroatoms. The summed E-state index contributed by atoms with van der Waals surface area (Å²) < 4.78 is 5.18. The van der Waals surface area contributed by atoms with Gasteiger partial charge in [0.25, 0.3) is 0 Å². The van der Waals surface area contributed by atoms with Crippen LogP contribution >= 0.6 is 23.8 Å². The molecule has 18 heavy (non-hydrogen) atoms. The van der Waals surface area contributed by atoms with Gasteiger partial charge < -0.3 is 15.4 Å². The van der Waals surface area contributed by atoms with E-state index in [0.29, 0.717) is 22.2 Å². The van der Waals surface area contributed by atoms with E-state index in [0.717, 1.165) is 12.2 Å². The van der Waals surface area contributed by atoms with Crippen LogP contribution in [0.25, 0.3) is 0 Å². The van der Waals surface area contributed by atoms with Crippen LogP contribution in [0.1, 0.15) is 19.4 Å². The van der Waals surface area contributed by atoms with Crippen molar-refractivity contribution in [3.05, 3.63) is 28.8 Å². The standard InChI is InChI=1S/C13H19ClN2OS/c1-4-16(9(2)8-17-3)10-5-6-11(13(15)18)12(14)7-10/h5-7,9H,4,8H2,1-3H3,(H2,15,18). The van der Waals surface area contributed by atoms with Crippen molar-refractivity contribution < 1.29 is 4.74 Å². The molecule has 100 valence electrons. The zero-order valence-electron chi connectivity index (χ0n) is 10.9. The first-order valence-electron chi connectivity index (χ1n) is 5.86. The van der Waals surface area contributed by atoms with Gasteiger partial charge in [-0.3, -0.25) is 0 Å². The van der Waals surface area contributed by atoms with Crippen molar-refractivity contribution in [2.24, 2.45) is 5.73 Å². The lowest BCUT2D eigenvalue weighted by Crippen LogP contribution is -2.36. The van der Waals surface area contributed by atoms with E-state index in [1.165, 1.54) is 0 Å². The first-order valence-corrected chi connectivity index (χ1v) is 6.64. The van der Waals surface area contributed by atoms with Gasteiger partial charge in [0.15, 0.2) is 0 Å². The van der Waals surface area contributed by atoms with Crippen LogP contribution in [0, 0.1) is 0 Å². The summed E-state index contributed by atoms with van der Waals surface area (Å²) in [5.74, 6) is 0. The molecule has 0 spiro atoms. The summed E-state index contributed by atoms with van der Waals surface area (Å²) in [7, 11) is 1.70. The Labute approximate surface area is 119 Å². The smallest absolute Gasteiger partial charge is 0.105 e. The van der Waals surface area contributed by atoms with Gasteiger partial charge in [-0.2, -0.15) is 0 Å². The Hall–Kier alpha value is -0.840. The fourth-order valence-corrected chi connectivity index (χ4v) is 2.47. The van der Waals surface area contributed by atoms with Crippen LogP contribution in [0.2, 0.25) is 5.02 Å². The van der Waals surface area contributed by atoms with Gasteiger partial charge in [-0.05, 0) is 32.0 Å². The summed E-state index contributed by atoms with van der Waals surface area (Å²) in [6.07, 6.45) is 0. The minimum Gasteiger partial charge on any atom is -0.389 e. The molecular formula is C13H19ClN2OS. The van der Waals surface area contributed by atoms with E-state index in [9.17, 15) is 0 Å². The SMILES string of the molecule is CCN(c1ccc(C(N)=S)c(Cl)c1)C(C)COC. The molecule has 0 radical (unpaired) electrons. The molecule has 1 atom stereocenters. The fraction of sp³-hybridized carbons (Fsp3) is 0.462. The molecule has 0 aromatic heterocycles. The number of hydrogen-bond acceptors (Lipinski definition) is 3. The molecule has 0 saturated carbocycles. The molecule has 0 fully saturated rings. The van der Waals surface area contributed by atoms with Crippen molar-refractivity contribution in [3.63, 3.8) is 0 Å². The second-order valence-electron chi connectivity index (χ2n) is 4.12. The number of benzene rings is 1. The molecule has 0 aliphatic rings. The van der Waals surface area contributed by atoms with Crippen LogP contribution in [0.3, 0.4) is 0 Å². The van der Waals surface area contributed by atoms with Gasteiger partial charge in [0.1, 0.15) is 4.99 Å². The van der Waals surface area contributed by atoms with Gasteiger partial charge in [-0.25, -0.2) is 0 Å². The molecule has 0 bridgehead atoms. The maximum atomic E-state index is 6.18. The molecule has 1 aromatic carbocycles. The fourth-order valence-electron chi connectivity index (χ4n) is 1.96. The molecule has 3 nitrogen and oxygen atoms in total. The Kier molecular flexibility index (Phi) is 5.85. The molecule has 1 rings (SSSR count). The summed E-state index contributed by atoms with van der Waals surface area (Å²) in [6, 6.07) is 6.02. The number of ether oxygens (including phenoxy) is 1. The minimum atomic E-state index is 0.284. The molecule has 0 amide bonds. The third-order valence-corrected chi connectivity index (χ3v) is 3.36. The van der Waals surface area contributed by atoms with Crippen molar-refractivity contribution in [3.8, 4) is 0 Å². The van der Waals surface area contributed by atoms with Gasteiger partial charge in [0.05, 0.1) is 11.6 Å². The maximum absolute atomic E-state index is 6.18. The zero-order chi connectivity index (χ0) is 13.7. The Morgan fingerprint density at radius 3 is 2.67 bits per heavy atom.